The highest BCUT2D eigenvalue weighted by molar-refractivity contribution is 7.99. The summed E-state index contributed by atoms with van der Waals surface area (Å²) >= 11 is 1.80. The predicted octanol–water partition coefficient (Wildman–Crippen LogP) is 2.91. The molecule has 0 bridgehead atoms. The van der Waals surface area contributed by atoms with Crippen LogP contribution < -0.4 is 0 Å². The molecule has 0 radical (unpaired) electrons. The average Bonchev–Trinajstić information content (AvgIpc) is 2.18. The highest BCUT2D eigenvalue weighted by Crippen LogP contribution is 2.26. The van der Waals surface area contributed by atoms with Gasteiger partial charge in [-0.3, -0.25) is 0 Å². The first-order chi connectivity index (χ1) is 6.72. The van der Waals surface area contributed by atoms with Gasteiger partial charge in [-0.1, -0.05) is 6.92 Å². The van der Waals surface area contributed by atoms with Crippen LogP contribution in [0.3, 0.4) is 0 Å². The number of phenolic OH excluding ortho intramolecular Hbond substituents is 1. The Balaban J connectivity index is 2.39. The predicted molar refractivity (Wildman–Crippen MR) is 59.9 cm³/mol. The second kappa shape index (κ2) is 5.94. The van der Waals surface area contributed by atoms with E-state index in [4.69, 9.17) is 9.84 Å². The van der Waals surface area contributed by atoms with Gasteiger partial charge in [0.15, 0.2) is 0 Å². The quantitative estimate of drug-likeness (QED) is 0.761. The van der Waals surface area contributed by atoms with Crippen LogP contribution in [0, 0.1) is 0 Å². The number of hydrogen-bond donors (Lipinski definition) is 1. The van der Waals surface area contributed by atoms with Crippen LogP contribution in [0.2, 0.25) is 0 Å². The lowest BCUT2D eigenvalue weighted by Gasteiger charge is -2.10. The third-order valence-corrected chi connectivity index (χ3v) is 3.08. The molecule has 0 aliphatic heterocycles. The molecule has 1 N–H and O–H groups in total. The molecule has 3 heteroatoms. The van der Waals surface area contributed by atoms with Crippen LogP contribution in [0.4, 0.5) is 0 Å². The van der Waals surface area contributed by atoms with Crippen molar-refractivity contribution in [1.82, 2.24) is 0 Å². The molecule has 1 aromatic carbocycles. The molecule has 0 aliphatic carbocycles. The van der Waals surface area contributed by atoms with E-state index >= 15 is 0 Å². The van der Waals surface area contributed by atoms with Gasteiger partial charge in [-0.25, -0.2) is 0 Å². The summed E-state index contributed by atoms with van der Waals surface area (Å²) < 4.78 is 5.02. The molecule has 0 amide bonds. The lowest BCUT2D eigenvalue weighted by molar-refractivity contribution is 0.195. The Kier molecular flexibility index (Phi) is 4.84. The monoisotopic (exact) mass is 212 g/mol. The fourth-order valence-electron chi connectivity index (χ4n) is 1.10. The van der Waals surface area contributed by atoms with E-state index in [-0.39, 0.29) is 0 Å². The van der Waals surface area contributed by atoms with Crippen molar-refractivity contribution in [1.29, 1.82) is 0 Å². The second-order valence-corrected chi connectivity index (χ2v) is 4.72. The number of aromatic hydroxyl groups is 1. The van der Waals surface area contributed by atoms with E-state index in [0.717, 1.165) is 13.0 Å². The van der Waals surface area contributed by atoms with Gasteiger partial charge in [0, 0.05) is 23.9 Å². The van der Waals surface area contributed by atoms with Crippen LogP contribution in [0.1, 0.15) is 13.3 Å². The molecule has 0 spiro atoms. The average molecular weight is 212 g/mol. The van der Waals surface area contributed by atoms with Crippen LogP contribution in [0.5, 0.6) is 5.75 Å². The number of methoxy groups -OCH3 is 1. The molecule has 1 unspecified atom stereocenters. The minimum atomic E-state index is 0.318. The number of thioether (sulfide) groups is 1. The maximum absolute atomic E-state index is 9.10. The molecule has 0 saturated carbocycles. The van der Waals surface area contributed by atoms with Gasteiger partial charge in [-0.2, -0.15) is 0 Å². The van der Waals surface area contributed by atoms with Crippen LogP contribution in [-0.2, 0) is 4.74 Å². The number of benzene rings is 1. The molecule has 2 nitrogen and oxygen atoms in total. The maximum atomic E-state index is 9.10. The Bertz CT molecular complexity index is 258. The molecule has 0 heterocycles. The lowest BCUT2D eigenvalue weighted by Crippen LogP contribution is -2.00. The highest BCUT2D eigenvalue weighted by Gasteiger charge is 2.03. The molecule has 78 valence electrons. The summed E-state index contributed by atoms with van der Waals surface area (Å²) in [5.74, 6) is 0.318. The van der Waals surface area contributed by atoms with Gasteiger partial charge in [-0.15, -0.1) is 11.8 Å². The van der Waals surface area contributed by atoms with Crippen molar-refractivity contribution in [2.45, 2.75) is 23.5 Å². The largest absolute Gasteiger partial charge is 0.508 e. The van der Waals surface area contributed by atoms with E-state index in [2.05, 4.69) is 6.92 Å². The van der Waals surface area contributed by atoms with Crippen molar-refractivity contribution in [3.05, 3.63) is 24.3 Å². The Labute approximate surface area is 89.3 Å². The molecule has 0 fully saturated rings. The van der Waals surface area contributed by atoms with E-state index in [1.807, 2.05) is 12.1 Å². The number of hydrogen-bond acceptors (Lipinski definition) is 3. The summed E-state index contributed by atoms with van der Waals surface area (Å²) in [6.45, 7) is 2.97. The summed E-state index contributed by atoms with van der Waals surface area (Å²) in [6, 6.07) is 7.29. The van der Waals surface area contributed by atoms with E-state index in [9.17, 15) is 0 Å². The van der Waals surface area contributed by atoms with Crippen LogP contribution in [0.15, 0.2) is 29.2 Å². The van der Waals surface area contributed by atoms with E-state index in [0.29, 0.717) is 11.0 Å². The molecule has 1 rings (SSSR count). The molecular formula is C11H16O2S. The molecule has 0 aromatic heterocycles. The first-order valence-electron chi connectivity index (χ1n) is 4.67. The zero-order chi connectivity index (χ0) is 10.4. The molecule has 1 atom stereocenters. The van der Waals surface area contributed by atoms with Crippen LogP contribution in [0.25, 0.3) is 0 Å². The summed E-state index contributed by atoms with van der Waals surface area (Å²) in [6.07, 6.45) is 1.04. The Hall–Kier alpha value is -0.670. The number of phenols is 1. The van der Waals surface area contributed by atoms with Gasteiger partial charge in [0.05, 0.1) is 0 Å². The van der Waals surface area contributed by atoms with Gasteiger partial charge < -0.3 is 9.84 Å². The lowest BCUT2D eigenvalue weighted by atomic mass is 10.3. The second-order valence-electron chi connectivity index (χ2n) is 3.20. The zero-order valence-electron chi connectivity index (χ0n) is 8.56. The molecule has 0 saturated heterocycles. The first kappa shape index (κ1) is 11.4. The van der Waals surface area contributed by atoms with E-state index < -0.39 is 0 Å². The smallest absolute Gasteiger partial charge is 0.115 e. The van der Waals surface area contributed by atoms with Crippen LogP contribution >= 0.6 is 11.8 Å². The number of ether oxygens (including phenoxy) is 1. The van der Waals surface area contributed by atoms with Crippen molar-refractivity contribution in [3.63, 3.8) is 0 Å². The zero-order valence-corrected chi connectivity index (χ0v) is 9.38. The van der Waals surface area contributed by atoms with E-state index in [1.165, 1.54) is 4.90 Å². The topological polar surface area (TPSA) is 29.5 Å². The minimum absolute atomic E-state index is 0.318. The summed E-state index contributed by atoms with van der Waals surface area (Å²) in [5.41, 5.74) is 0. The number of rotatable bonds is 5. The van der Waals surface area contributed by atoms with Gasteiger partial charge in [0.25, 0.3) is 0 Å². The van der Waals surface area contributed by atoms with Crippen molar-refractivity contribution < 1.29 is 9.84 Å². The SMILES string of the molecule is COCCC(C)Sc1ccc(O)cc1. The van der Waals surface area contributed by atoms with Crippen molar-refractivity contribution in [2.24, 2.45) is 0 Å². The summed E-state index contributed by atoms with van der Waals surface area (Å²) in [7, 11) is 1.72. The van der Waals surface area contributed by atoms with Gasteiger partial charge >= 0.3 is 0 Å². The normalized spacial score (nSPS) is 12.7. The fraction of sp³-hybridized carbons (Fsp3) is 0.455. The van der Waals surface area contributed by atoms with Crippen LogP contribution in [-0.4, -0.2) is 24.1 Å². The third kappa shape index (κ3) is 4.03. The Morgan fingerprint density at radius 1 is 1.36 bits per heavy atom. The van der Waals surface area contributed by atoms with Gasteiger partial charge in [0.2, 0.25) is 0 Å². The van der Waals surface area contributed by atoms with Crippen molar-refractivity contribution >= 4 is 11.8 Å². The maximum Gasteiger partial charge on any atom is 0.115 e. The molecule has 1 aromatic rings. The fourth-order valence-corrected chi connectivity index (χ4v) is 2.07. The van der Waals surface area contributed by atoms with Gasteiger partial charge in [-0.05, 0) is 30.7 Å². The highest BCUT2D eigenvalue weighted by atomic mass is 32.2. The van der Waals surface area contributed by atoms with E-state index in [1.54, 1.807) is 31.0 Å². The molecular weight excluding hydrogens is 196 g/mol. The first-order valence-corrected chi connectivity index (χ1v) is 5.55. The van der Waals surface area contributed by atoms with Gasteiger partial charge in [0.1, 0.15) is 5.75 Å². The Morgan fingerprint density at radius 2 is 2.00 bits per heavy atom. The Morgan fingerprint density at radius 3 is 2.57 bits per heavy atom. The minimum Gasteiger partial charge on any atom is -0.508 e. The summed E-state index contributed by atoms with van der Waals surface area (Å²) in [5, 5.41) is 9.64. The van der Waals surface area contributed by atoms with Crippen molar-refractivity contribution in [2.75, 3.05) is 13.7 Å². The summed E-state index contributed by atoms with van der Waals surface area (Å²) in [4.78, 5) is 1.19. The molecule has 14 heavy (non-hydrogen) atoms. The molecule has 0 aliphatic rings. The third-order valence-electron chi connectivity index (χ3n) is 1.90. The standard InChI is InChI=1S/C11H16O2S/c1-9(7-8-13-2)14-11-5-3-10(12)4-6-11/h3-6,9,12H,7-8H2,1-2H3. The van der Waals surface area contributed by atoms with Crippen molar-refractivity contribution in [3.8, 4) is 5.75 Å².